The Hall–Kier alpha value is -1.92. The van der Waals surface area contributed by atoms with Gasteiger partial charge >= 0.3 is 0 Å². The summed E-state index contributed by atoms with van der Waals surface area (Å²) in [5.41, 5.74) is 2.44. The number of aryl methyl sites for hydroxylation is 1. The summed E-state index contributed by atoms with van der Waals surface area (Å²) in [5.74, 6) is 0.773. The number of carbonyl (C=O) groups excluding carboxylic acids is 2. The number of piperazine rings is 1. The zero-order valence-electron chi connectivity index (χ0n) is 17.9. The highest BCUT2D eigenvalue weighted by atomic mass is 16.5. The molecule has 2 heterocycles. The van der Waals surface area contributed by atoms with Gasteiger partial charge in [0, 0.05) is 46.4 Å². The number of nitrogens with one attached hydrogen (secondary N) is 1. The third-order valence-electron chi connectivity index (χ3n) is 6.37. The Morgan fingerprint density at radius 2 is 1.97 bits per heavy atom. The molecule has 0 aromatic heterocycles. The molecule has 0 bridgehead atoms. The molecular weight excluding hydrogens is 366 g/mol. The number of rotatable bonds is 8. The zero-order valence-corrected chi connectivity index (χ0v) is 17.9. The van der Waals surface area contributed by atoms with Crippen molar-refractivity contribution in [3.63, 3.8) is 0 Å². The molecule has 1 N–H and O–H groups in total. The number of methoxy groups -OCH3 is 1. The summed E-state index contributed by atoms with van der Waals surface area (Å²) in [5, 5.41) is 2.94. The number of benzene rings is 1. The van der Waals surface area contributed by atoms with Gasteiger partial charge in [-0.3, -0.25) is 14.5 Å². The van der Waals surface area contributed by atoms with Crippen molar-refractivity contribution in [2.45, 2.75) is 51.6 Å². The summed E-state index contributed by atoms with van der Waals surface area (Å²) in [4.78, 5) is 29.6. The Labute approximate surface area is 174 Å². The summed E-state index contributed by atoms with van der Waals surface area (Å²) in [6.07, 6.45) is 4.64. The third kappa shape index (κ3) is 6.03. The largest absolute Gasteiger partial charge is 0.385 e. The first-order chi connectivity index (χ1) is 14.1. The van der Waals surface area contributed by atoms with Crippen molar-refractivity contribution >= 4 is 11.8 Å². The smallest absolute Gasteiger partial charge is 0.237 e. The lowest BCUT2D eigenvalue weighted by Gasteiger charge is -2.37. The Balaban J connectivity index is 1.54. The summed E-state index contributed by atoms with van der Waals surface area (Å²) in [7, 11) is 1.74. The fraction of sp³-hybridized carbons (Fsp3) is 0.652. The SMILES string of the molecule is COCCCC1CCN(C(=O)C[C@@H]2C(=O)NCCN2Cc2ccccc2C)CC1. The predicted molar refractivity (Wildman–Crippen MR) is 113 cm³/mol. The molecule has 2 aliphatic rings. The maximum atomic E-state index is 12.9. The zero-order chi connectivity index (χ0) is 20.6. The van der Waals surface area contributed by atoms with Gasteiger partial charge in [0.05, 0.1) is 12.5 Å². The van der Waals surface area contributed by atoms with Crippen molar-refractivity contribution in [3.05, 3.63) is 35.4 Å². The van der Waals surface area contributed by atoms with Gasteiger partial charge in [0.25, 0.3) is 0 Å². The molecule has 6 nitrogen and oxygen atoms in total. The summed E-state index contributed by atoms with van der Waals surface area (Å²) >= 11 is 0. The molecular formula is C23H35N3O3. The quantitative estimate of drug-likeness (QED) is 0.680. The standard InChI is InChI=1S/C23H35N3O3/c1-18-6-3-4-8-20(18)17-26-14-11-24-23(28)21(26)16-22(27)25-12-9-19(10-13-25)7-5-15-29-2/h3-4,6,8,19,21H,5,7,9-17H2,1-2H3,(H,24,28)/t21-/m1/s1. The maximum absolute atomic E-state index is 12.9. The van der Waals surface area contributed by atoms with E-state index in [4.69, 9.17) is 4.74 Å². The molecule has 0 aliphatic carbocycles. The van der Waals surface area contributed by atoms with Gasteiger partial charge in [-0.25, -0.2) is 0 Å². The van der Waals surface area contributed by atoms with Crippen LogP contribution in [0.3, 0.4) is 0 Å². The van der Waals surface area contributed by atoms with Gasteiger partial charge in [0.2, 0.25) is 11.8 Å². The van der Waals surface area contributed by atoms with Crippen molar-refractivity contribution in [1.82, 2.24) is 15.1 Å². The molecule has 29 heavy (non-hydrogen) atoms. The van der Waals surface area contributed by atoms with E-state index in [1.54, 1.807) is 7.11 Å². The molecule has 3 rings (SSSR count). The molecule has 1 atom stereocenters. The van der Waals surface area contributed by atoms with Crippen LogP contribution in [-0.4, -0.2) is 67.6 Å². The van der Waals surface area contributed by atoms with E-state index in [0.717, 1.165) is 45.5 Å². The second-order valence-electron chi connectivity index (χ2n) is 8.37. The lowest BCUT2D eigenvalue weighted by Crippen LogP contribution is -2.56. The van der Waals surface area contributed by atoms with Gasteiger partial charge in [-0.2, -0.15) is 0 Å². The Bertz CT molecular complexity index is 686. The molecule has 160 valence electrons. The van der Waals surface area contributed by atoms with E-state index < -0.39 is 0 Å². The number of carbonyl (C=O) groups is 2. The van der Waals surface area contributed by atoms with Gasteiger partial charge in [-0.1, -0.05) is 24.3 Å². The van der Waals surface area contributed by atoms with Gasteiger partial charge in [-0.15, -0.1) is 0 Å². The number of hydrogen-bond donors (Lipinski definition) is 1. The normalized spacial score (nSPS) is 21.2. The molecule has 0 saturated carbocycles. The molecule has 0 radical (unpaired) electrons. The van der Waals surface area contributed by atoms with Crippen molar-refractivity contribution < 1.29 is 14.3 Å². The number of likely N-dealkylation sites (tertiary alicyclic amines) is 1. The molecule has 0 spiro atoms. The number of nitrogens with zero attached hydrogens (tertiary/aromatic N) is 2. The maximum Gasteiger partial charge on any atom is 0.237 e. The first-order valence-corrected chi connectivity index (χ1v) is 10.9. The highest BCUT2D eigenvalue weighted by molar-refractivity contribution is 5.88. The topological polar surface area (TPSA) is 61.9 Å². The van der Waals surface area contributed by atoms with E-state index >= 15 is 0 Å². The van der Waals surface area contributed by atoms with Crippen LogP contribution in [0.5, 0.6) is 0 Å². The van der Waals surface area contributed by atoms with Crippen molar-refractivity contribution in [1.29, 1.82) is 0 Å². The average molecular weight is 402 g/mol. The monoisotopic (exact) mass is 401 g/mol. The second kappa shape index (κ2) is 10.7. The van der Waals surface area contributed by atoms with Crippen LogP contribution in [0.1, 0.15) is 43.2 Å². The van der Waals surface area contributed by atoms with Crippen LogP contribution in [0.15, 0.2) is 24.3 Å². The van der Waals surface area contributed by atoms with E-state index in [9.17, 15) is 9.59 Å². The minimum atomic E-state index is -0.379. The number of ether oxygens (including phenoxy) is 1. The van der Waals surface area contributed by atoms with Crippen LogP contribution in [0.4, 0.5) is 0 Å². The molecule has 6 heteroatoms. The van der Waals surface area contributed by atoms with Crippen LogP contribution in [-0.2, 0) is 20.9 Å². The summed E-state index contributed by atoms with van der Waals surface area (Å²) < 4.78 is 5.14. The van der Waals surface area contributed by atoms with Crippen LogP contribution in [0.25, 0.3) is 0 Å². The molecule has 2 aliphatic heterocycles. The fourth-order valence-corrected chi connectivity index (χ4v) is 4.46. The van der Waals surface area contributed by atoms with E-state index in [2.05, 4.69) is 29.3 Å². The Kier molecular flexibility index (Phi) is 8.07. The first kappa shape index (κ1) is 21.8. The predicted octanol–water partition coefficient (Wildman–Crippen LogP) is 2.35. The van der Waals surface area contributed by atoms with Gasteiger partial charge in [0.15, 0.2) is 0 Å². The molecule has 2 fully saturated rings. The molecule has 0 unspecified atom stereocenters. The molecule has 2 amide bonds. The molecule has 2 saturated heterocycles. The third-order valence-corrected chi connectivity index (χ3v) is 6.37. The summed E-state index contributed by atoms with van der Waals surface area (Å²) in [6.45, 7) is 6.65. The second-order valence-corrected chi connectivity index (χ2v) is 8.37. The highest BCUT2D eigenvalue weighted by Gasteiger charge is 2.34. The van der Waals surface area contributed by atoms with Crippen LogP contribution in [0.2, 0.25) is 0 Å². The van der Waals surface area contributed by atoms with E-state index in [1.165, 1.54) is 17.5 Å². The minimum absolute atomic E-state index is 0.0207. The fourth-order valence-electron chi connectivity index (χ4n) is 4.46. The van der Waals surface area contributed by atoms with Crippen LogP contribution >= 0.6 is 0 Å². The minimum Gasteiger partial charge on any atom is -0.385 e. The number of piperidine rings is 1. The van der Waals surface area contributed by atoms with Gasteiger partial charge in [0.1, 0.15) is 0 Å². The Morgan fingerprint density at radius 3 is 2.69 bits per heavy atom. The van der Waals surface area contributed by atoms with Crippen molar-refractivity contribution in [3.8, 4) is 0 Å². The van der Waals surface area contributed by atoms with Gasteiger partial charge < -0.3 is 15.0 Å². The molecule has 1 aromatic rings. The average Bonchev–Trinajstić information content (AvgIpc) is 2.73. The molecule has 1 aromatic carbocycles. The van der Waals surface area contributed by atoms with Crippen molar-refractivity contribution in [2.24, 2.45) is 5.92 Å². The number of amides is 2. The van der Waals surface area contributed by atoms with Crippen LogP contribution in [0, 0.1) is 12.8 Å². The van der Waals surface area contributed by atoms with E-state index in [0.29, 0.717) is 19.0 Å². The van der Waals surface area contributed by atoms with Crippen LogP contribution < -0.4 is 5.32 Å². The first-order valence-electron chi connectivity index (χ1n) is 10.9. The lowest BCUT2D eigenvalue weighted by atomic mass is 9.92. The van der Waals surface area contributed by atoms with E-state index in [-0.39, 0.29) is 24.3 Å². The highest BCUT2D eigenvalue weighted by Crippen LogP contribution is 2.23. The Morgan fingerprint density at radius 1 is 1.21 bits per heavy atom. The summed E-state index contributed by atoms with van der Waals surface area (Å²) in [6, 6.07) is 7.88. The van der Waals surface area contributed by atoms with Gasteiger partial charge in [-0.05, 0) is 49.7 Å². The van der Waals surface area contributed by atoms with E-state index in [1.807, 2.05) is 17.0 Å². The number of hydrogen-bond acceptors (Lipinski definition) is 4. The lowest BCUT2D eigenvalue weighted by molar-refractivity contribution is -0.140. The van der Waals surface area contributed by atoms with Crippen molar-refractivity contribution in [2.75, 3.05) is 39.9 Å².